The van der Waals surface area contributed by atoms with E-state index in [1.165, 1.54) is 18.2 Å². The van der Waals surface area contributed by atoms with Gasteiger partial charge < -0.3 is 10.0 Å². The van der Waals surface area contributed by atoms with Crippen molar-refractivity contribution in [2.75, 3.05) is 13.1 Å². The van der Waals surface area contributed by atoms with Crippen LogP contribution in [-0.4, -0.2) is 29.0 Å². The molecule has 1 saturated heterocycles. The number of benzene rings is 2. The van der Waals surface area contributed by atoms with Crippen molar-refractivity contribution in [1.82, 2.24) is 4.90 Å². The molecule has 2 aromatic carbocycles. The quantitative estimate of drug-likeness (QED) is 0.874. The lowest BCUT2D eigenvalue weighted by Gasteiger charge is -2.33. The highest BCUT2D eigenvalue weighted by Crippen LogP contribution is 2.25. The molecule has 1 unspecified atom stereocenters. The van der Waals surface area contributed by atoms with Crippen LogP contribution in [-0.2, 0) is 17.6 Å². The number of likely N-dealkylation sites (tertiary alicyclic amines) is 1. The molecular formula is C21H23F2NO2. The summed E-state index contributed by atoms with van der Waals surface area (Å²) in [6, 6.07) is 10.8. The second kappa shape index (κ2) is 8.30. The molecule has 1 fully saturated rings. The Bertz CT molecular complexity index is 758. The van der Waals surface area contributed by atoms with Gasteiger partial charge in [-0.3, -0.25) is 4.79 Å². The van der Waals surface area contributed by atoms with Crippen molar-refractivity contribution in [3.8, 4) is 5.75 Å². The Morgan fingerprint density at radius 1 is 1.12 bits per heavy atom. The number of piperidine rings is 1. The average Bonchev–Trinajstić information content (AvgIpc) is 2.63. The smallest absolute Gasteiger partial charge is 0.227 e. The highest BCUT2D eigenvalue weighted by molar-refractivity contribution is 5.79. The molecule has 1 aliphatic heterocycles. The van der Waals surface area contributed by atoms with Gasteiger partial charge in [-0.2, -0.15) is 0 Å². The molecular weight excluding hydrogens is 336 g/mol. The Morgan fingerprint density at radius 2 is 1.85 bits per heavy atom. The third-order valence-corrected chi connectivity index (χ3v) is 5.07. The zero-order chi connectivity index (χ0) is 18.5. The Morgan fingerprint density at radius 3 is 2.58 bits per heavy atom. The Hall–Kier alpha value is -2.43. The monoisotopic (exact) mass is 359 g/mol. The van der Waals surface area contributed by atoms with Gasteiger partial charge in [0, 0.05) is 24.2 Å². The predicted molar refractivity (Wildman–Crippen MR) is 95.8 cm³/mol. The maximum Gasteiger partial charge on any atom is 0.227 e. The summed E-state index contributed by atoms with van der Waals surface area (Å²) in [5.74, 6) is -0.671. The lowest BCUT2D eigenvalue weighted by atomic mass is 9.91. The fraction of sp³-hybridized carbons (Fsp3) is 0.381. The highest BCUT2D eigenvalue weighted by Gasteiger charge is 2.24. The minimum atomic E-state index is -0.506. The van der Waals surface area contributed by atoms with Gasteiger partial charge in [-0.15, -0.1) is 0 Å². The minimum absolute atomic E-state index is 0.0201. The standard InChI is InChI=1S/C21H23F2NO2/c22-18-7-3-8-19(23)17(18)11-10-15-5-4-12-24(14-15)21(26)13-16-6-1-2-9-20(16)25/h1-3,6-9,15,25H,4-5,10-14H2. The molecule has 0 spiro atoms. The number of nitrogens with zero attached hydrogens (tertiary/aromatic N) is 1. The Labute approximate surface area is 152 Å². The summed E-state index contributed by atoms with van der Waals surface area (Å²) < 4.78 is 27.5. The van der Waals surface area contributed by atoms with E-state index in [0.717, 1.165) is 12.8 Å². The second-order valence-corrected chi connectivity index (χ2v) is 6.89. The van der Waals surface area contributed by atoms with E-state index in [9.17, 15) is 18.7 Å². The molecule has 1 heterocycles. The number of phenolic OH excluding ortho intramolecular Hbond substituents is 1. The molecule has 26 heavy (non-hydrogen) atoms. The van der Waals surface area contributed by atoms with E-state index in [1.54, 1.807) is 29.2 Å². The largest absolute Gasteiger partial charge is 0.508 e. The summed E-state index contributed by atoms with van der Waals surface area (Å²) in [6.07, 6.45) is 3.00. The van der Waals surface area contributed by atoms with Crippen LogP contribution in [0.3, 0.4) is 0 Å². The average molecular weight is 359 g/mol. The Balaban J connectivity index is 1.57. The van der Waals surface area contributed by atoms with Crippen LogP contribution in [0, 0.1) is 17.6 Å². The molecule has 138 valence electrons. The van der Waals surface area contributed by atoms with Gasteiger partial charge in [0.05, 0.1) is 6.42 Å². The zero-order valence-corrected chi connectivity index (χ0v) is 14.6. The summed E-state index contributed by atoms with van der Waals surface area (Å²) >= 11 is 0. The van der Waals surface area contributed by atoms with E-state index in [4.69, 9.17) is 0 Å². The van der Waals surface area contributed by atoms with Gasteiger partial charge in [-0.05, 0) is 49.8 Å². The van der Waals surface area contributed by atoms with E-state index in [-0.39, 0.29) is 29.6 Å². The van der Waals surface area contributed by atoms with Crippen molar-refractivity contribution in [3.05, 3.63) is 65.2 Å². The zero-order valence-electron chi connectivity index (χ0n) is 14.6. The SMILES string of the molecule is O=C(Cc1ccccc1O)N1CCCC(CCc2c(F)cccc2F)C1. The van der Waals surface area contributed by atoms with Crippen LogP contribution in [0.25, 0.3) is 0 Å². The summed E-state index contributed by atoms with van der Waals surface area (Å²) in [6.45, 7) is 1.29. The van der Waals surface area contributed by atoms with Gasteiger partial charge >= 0.3 is 0 Å². The lowest BCUT2D eigenvalue weighted by Crippen LogP contribution is -2.40. The first-order chi connectivity index (χ1) is 12.5. The second-order valence-electron chi connectivity index (χ2n) is 6.89. The molecule has 1 N–H and O–H groups in total. The molecule has 5 heteroatoms. The van der Waals surface area contributed by atoms with E-state index in [1.807, 2.05) is 0 Å². The number of amides is 1. The van der Waals surface area contributed by atoms with E-state index < -0.39 is 11.6 Å². The first-order valence-electron chi connectivity index (χ1n) is 9.02. The van der Waals surface area contributed by atoms with Gasteiger partial charge in [-0.25, -0.2) is 8.78 Å². The lowest BCUT2D eigenvalue weighted by molar-refractivity contribution is -0.132. The van der Waals surface area contributed by atoms with Gasteiger partial charge in [0.15, 0.2) is 0 Å². The van der Waals surface area contributed by atoms with Crippen LogP contribution in [0.1, 0.15) is 30.4 Å². The molecule has 1 aliphatic rings. The minimum Gasteiger partial charge on any atom is -0.508 e. The van der Waals surface area contributed by atoms with Crippen LogP contribution in [0.15, 0.2) is 42.5 Å². The molecule has 0 bridgehead atoms. The van der Waals surface area contributed by atoms with Crippen molar-refractivity contribution < 1.29 is 18.7 Å². The first-order valence-corrected chi connectivity index (χ1v) is 9.02. The Kier molecular flexibility index (Phi) is 5.86. The van der Waals surface area contributed by atoms with Gasteiger partial charge in [0.2, 0.25) is 5.91 Å². The van der Waals surface area contributed by atoms with E-state index >= 15 is 0 Å². The first kappa shape index (κ1) is 18.4. The number of rotatable bonds is 5. The fourth-order valence-corrected chi connectivity index (χ4v) is 3.58. The van der Waals surface area contributed by atoms with Crippen LogP contribution >= 0.6 is 0 Å². The fourth-order valence-electron chi connectivity index (χ4n) is 3.58. The normalized spacial score (nSPS) is 17.3. The van der Waals surface area contributed by atoms with Gasteiger partial charge in [0.1, 0.15) is 17.4 Å². The third kappa shape index (κ3) is 4.40. The van der Waals surface area contributed by atoms with Crippen molar-refractivity contribution in [1.29, 1.82) is 0 Å². The summed E-state index contributed by atoms with van der Waals surface area (Å²) in [5.41, 5.74) is 0.748. The number of hydrogen-bond acceptors (Lipinski definition) is 2. The van der Waals surface area contributed by atoms with E-state index in [2.05, 4.69) is 0 Å². The summed E-state index contributed by atoms with van der Waals surface area (Å²) in [7, 11) is 0. The number of halogens is 2. The molecule has 1 atom stereocenters. The molecule has 0 aromatic heterocycles. The van der Waals surface area contributed by atoms with Crippen molar-refractivity contribution >= 4 is 5.91 Å². The van der Waals surface area contributed by atoms with Gasteiger partial charge in [0.25, 0.3) is 0 Å². The molecule has 2 aromatic rings. The van der Waals surface area contributed by atoms with Crippen molar-refractivity contribution in [2.45, 2.75) is 32.1 Å². The maximum atomic E-state index is 13.8. The van der Waals surface area contributed by atoms with Crippen LogP contribution < -0.4 is 0 Å². The number of para-hydroxylation sites is 1. The topological polar surface area (TPSA) is 40.5 Å². The summed E-state index contributed by atoms with van der Waals surface area (Å²) in [4.78, 5) is 14.3. The number of carbonyl (C=O) groups is 1. The van der Waals surface area contributed by atoms with Crippen LogP contribution in [0.4, 0.5) is 8.78 Å². The number of aromatic hydroxyl groups is 1. The maximum absolute atomic E-state index is 13.8. The van der Waals surface area contributed by atoms with Crippen molar-refractivity contribution in [2.24, 2.45) is 5.92 Å². The van der Waals surface area contributed by atoms with Crippen molar-refractivity contribution in [3.63, 3.8) is 0 Å². The van der Waals surface area contributed by atoms with E-state index in [0.29, 0.717) is 31.5 Å². The molecule has 1 amide bonds. The number of phenols is 1. The molecule has 0 aliphatic carbocycles. The van der Waals surface area contributed by atoms with Crippen LogP contribution in [0.2, 0.25) is 0 Å². The molecule has 3 rings (SSSR count). The number of carbonyl (C=O) groups excluding carboxylic acids is 1. The van der Waals surface area contributed by atoms with Gasteiger partial charge in [-0.1, -0.05) is 24.3 Å². The molecule has 3 nitrogen and oxygen atoms in total. The highest BCUT2D eigenvalue weighted by atomic mass is 19.1. The molecule has 0 radical (unpaired) electrons. The van der Waals surface area contributed by atoms with Crippen LogP contribution in [0.5, 0.6) is 5.75 Å². The summed E-state index contributed by atoms with van der Waals surface area (Å²) in [5, 5.41) is 9.83. The predicted octanol–water partition coefficient (Wildman–Crippen LogP) is 4.08. The number of hydrogen-bond donors (Lipinski definition) is 1. The molecule has 0 saturated carbocycles. The third-order valence-electron chi connectivity index (χ3n) is 5.07.